The number of fused-ring (bicyclic) bond motifs is 1. The van der Waals surface area contributed by atoms with Crippen LogP contribution in [0, 0.1) is 13.8 Å². The zero-order valence-corrected chi connectivity index (χ0v) is 24.3. The monoisotopic (exact) mass is 574 g/mol. The van der Waals surface area contributed by atoms with E-state index in [0.717, 1.165) is 39.4 Å². The molecule has 0 unspecified atom stereocenters. The number of sulfonamides is 1. The first kappa shape index (κ1) is 29.5. The highest BCUT2D eigenvalue weighted by Crippen LogP contribution is 2.20. The van der Waals surface area contributed by atoms with Crippen LogP contribution < -0.4 is 10.0 Å². The van der Waals surface area contributed by atoms with Crippen molar-refractivity contribution in [3.05, 3.63) is 107 Å². The Bertz CT molecular complexity index is 1660. The molecule has 0 saturated carbocycles. The van der Waals surface area contributed by atoms with Gasteiger partial charge in [-0.2, -0.15) is 0 Å². The molecule has 214 valence electrons. The second-order valence-corrected chi connectivity index (χ2v) is 12.1. The van der Waals surface area contributed by atoms with Crippen molar-refractivity contribution in [2.24, 2.45) is 0 Å². The van der Waals surface area contributed by atoms with E-state index in [1.807, 2.05) is 79.2 Å². The summed E-state index contributed by atoms with van der Waals surface area (Å²) in [6.07, 6.45) is 2.83. The van der Waals surface area contributed by atoms with E-state index in [4.69, 9.17) is 0 Å². The van der Waals surface area contributed by atoms with Gasteiger partial charge in [-0.1, -0.05) is 65.7 Å². The standard InChI is InChI=1S/C31H34N4O5S/c1-20-14-21(2)16-23(15-20)31(38)35(3)28(17-22-10-6-5-7-11-22)30(37)33-27(29(36)34-41(4,39)40)18-24-19-32-26-13-9-8-12-25(24)26/h5-16,19,27-28,32H,17-18H2,1-4H3,(H,33,37)(H,34,36)/t27-,28+/m0/s1. The maximum Gasteiger partial charge on any atom is 0.256 e. The molecular weight excluding hydrogens is 540 g/mol. The van der Waals surface area contributed by atoms with E-state index >= 15 is 0 Å². The molecule has 0 aliphatic heterocycles. The maximum atomic E-state index is 13.9. The number of nitrogens with one attached hydrogen (secondary N) is 3. The first-order valence-corrected chi connectivity index (χ1v) is 15.1. The van der Waals surface area contributed by atoms with Crippen LogP contribution in [-0.4, -0.2) is 61.4 Å². The molecule has 0 aliphatic carbocycles. The van der Waals surface area contributed by atoms with Gasteiger partial charge in [-0.15, -0.1) is 0 Å². The number of aryl methyl sites for hydroxylation is 2. The summed E-state index contributed by atoms with van der Waals surface area (Å²) in [5.74, 6) is -1.79. The summed E-state index contributed by atoms with van der Waals surface area (Å²) in [5, 5.41) is 3.60. The quantitative estimate of drug-likeness (QED) is 0.268. The van der Waals surface area contributed by atoms with Crippen molar-refractivity contribution in [2.75, 3.05) is 13.3 Å². The Morgan fingerprint density at radius 1 is 0.878 bits per heavy atom. The van der Waals surface area contributed by atoms with Crippen molar-refractivity contribution in [3.8, 4) is 0 Å². The molecule has 3 N–H and O–H groups in total. The maximum absolute atomic E-state index is 13.9. The van der Waals surface area contributed by atoms with Gasteiger partial charge in [-0.3, -0.25) is 19.1 Å². The Balaban J connectivity index is 1.66. The summed E-state index contributed by atoms with van der Waals surface area (Å²) < 4.78 is 25.8. The minimum atomic E-state index is -3.89. The number of H-pyrrole nitrogens is 1. The first-order chi connectivity index (χ1) is 19.4. The van der Waals surface area contributed by atoms with Gasteiger partial charge in [0.1, 0.15) is 12.1 Å². The van der Waals surface area contributed by atoms with E-state index < -0.39 is 33.9 Å². The molecular formula is C31H34N4O5S. The summed E-state index contributed by atoms with van der Waals surface area (Å²) in [4.78, 5) is 45.1. The number of carbonyl (C=O) groups is 3. The Kier molecular flexibility index (Phi) is 8.92. The van der Waals surface area contributed by atoms with Gasteiger partial charge < -0.3 is 15.2 Å². The highest BCUT2D eigenvalue weighted by molar-refractivity contribution is 7.89. The Hall–Kier alpha value is -4.44. The SMILES string of the molecule is Cc1cc(C)cc(C(=O)N(C)[C@H](Cc2ccccc2)C(=O)N[C@@H](Cc2c[nH]c3ccccc23)C(=O)NS(C)(=O)=O)c1. The molecule has 4 aromatic rings. The molecule has 1 heterocycles. The highest BCUT2D eigenvalue weighted by atomic mass is 32.2. The number of rotatable bonds is 10. The lowest BCUT2D eigenvalue weighted by Crippen LogP contribution is -2.55. The zero-order valence-electron chi connectivity index (χ0n) is 23.5. The van der Waals surface area contributed by atoms with Gasteiger partial charge in [0.05, 0.1) is 6.26 Å². The van der Waals surface area contributed by atoms with Crippen LogP contribution in [0.25, 0.3) is 10.9 Å². The van der Waals surface area contributed by atoms with Crippen molar-refractivity contribution in [1.29, 1.82) is 0 Å². The molecule has 3 aromatic carbocycles. The predicted molar refractivity (Wildman–Crippen MR) is 159 cm³/mol. The number of likely N-dealkylation sites (N-methyl/N-ethyl adjacent to an activating group) is 1. The van der Waals surface area contributed by atoms with E-state index in [-0.39, 0.29) is 18.7 Å². The Morgan fingerprint density at radius 2 is 1.51 bits per heavy atom. The van der Waals surface area contributed by atoms with Crippen molar-refractivity contribution in [3.63, 3.8) is 0 Å². The first-order valence-electron chi connectivity index (χ1n) is 13.2. The topological polar surface area (TPSA) is 128 Å². The van der Waals surface area contributed by atoms with Gasteiger partial charge >= 0.3 is 0 Å². The lowest BCUT2D eigenvalue weighted by molar-refractivity contribution is -0.130. The van der Waals surface area contributed by atoms with Gasteiger partial charge in [-0.05, 0) is 43.2 Å². The van der Waals surface area contributed by atoms with Crippen LogP contribution in [0.1, 0.15) is 32.6 Å². The molecule has 0 saturated heterocycles. The minimum Gasteiger partial charge on any atom is -0.361 e. The molecule has 0 spiro atoms. The number of hydrogen-bond donors (Lipinski definition) is 3. The molecule has 3 amide bonds. The molecule has 0 radical (unpaired) electrons. The van der Waals surface area contributed by atoms with Crippen LogP contribution in [0.3, 0.4) is 0 Å². The summed E-state index contributed by atoms with van der Waals surface area (Å²) in [6, 6.07) is 20.0. The molecule has 0 fully saturated rings. The summed E-state index contributed by atoms with van der Waals surface area (Å²) in [7, 11) is -2.34. The third-order valence-corrected chi connectivity index (χ3v) is 7.42. The van der Waals surface area contributed by atoms with Crippen LogP contribution in [-0.2, 0) is 32.5 Å². The van der Waals surface area contributed by atoms with E-state index in [2.05, 4.69) is 10.3 Å². The number of carbonyl (C=O) groups excluding carboxylic acids is 3. The van der Waals surface area contributed by atoms with Crippen LogP contribution in [0.5, 0.6) is 0 Å². The van der Waals surface area contributed by atoms with Gasteiger partial charge in [-0.25, -0.2) is 8.42 Å². The summed E-state index contributed by atoms with van der Waals surface area (Å²) in [5.41, 5.74) is 4.68. The number of aromatic nitrogens is 1. The zero-order chi connectivity index (χ0) is 29.7. The molecule has 1 aromatic heterocycles. The van der Waals surface area contributed by atoms with Gasteiger partial charge in [0.15, 0.2) is 0 Å². The second-order valence-electron chi connectivity index (χ2n) is 10.4. The van der Waals surface area contributed by atoms with Crippen molar-refractivity contribution < 1.29 is 22.8 Å². The van der Waals surface area contributed by atoms with Gasteiger partial charge in [0, 0.05) is 42.6 Å². The smallest absolute Gasteiger partial charge is 0.256 e. The number of amides is 3. The van der Waals surface area contributed by atoms with Crippen LogP contribution in [0.4, 0.5) is 0 Å². The van der Waals surface area contributed by atoms with E-state index in [9.17, 15) is 22.8 Å². The normalized spacial score (nSPS) is 12.9. The van der Waals surface area contributed by atoms with E-state index in [1.165, 1.54) is 4.90 Å². The molecule has 2 atom stereocenters. The Labute approximate surface area is 240 Å². The number of nitrogens with zero attached hydrogens (tertiary/aromatic N) is 1. The lowest BCUT2D eigenvalue weighted by atomic mass is 10.0. The molecule has 41 heavy (non-hydrogen) atoms. The summed E-state index contributed by atoms with van der Waals surface area (Å²) in [6.45, 7) is 3.79. The fraction of sp³-hybridized carbons (Fsp3) is 0.258. The van der Waals surface area contributed by atoms with E-state index in [0.29, 0.717) is 5.56 Å². The fourth-order valence-electron chi connectivity index (χ4n) is 4.94. The Morgan fingerprint density at radius 3 is 2.17 bits per heavy atom. The third kappa shape index (κ3) is 7.61. The molecule has 0 aliphatic rings. The van der Waals surface area contributed by atoms with Gasteiger partial charge in [0.25, 0.3) is 11.8 Å². The van der Waals surface area contributed by atoms with Crippen molar-refractivity contribution >= 4 is 38.6 Å². The summed E-state index contributed by atoms with van der Waals surface area (Å²) >= 11 is 0. The van der Waals surface area contributed by atoms with Crippen LogP contribution in [0.15, 0.2) is 79.0 Å². The fourth-order valence-corrected chi connectivity index (χ4v) is 5.45. The van der Waals surface area contributed by atoms with Crippen LogP contribution in [0.2, 0.25) is 0 Å². The average Bonchev–Trinajstić information content (AvgIpc) is 3.32. The molecule has 0 bridgehead atoms. The lowest BCUT2D eigenvalue weighted by Gasteiger charge is -2.29. The predicted octanol–water partition coefficient (Wildman–Crippen LogP) is 3.27. The third-order valence-electron chi connectivity index (χ3n) is 6.85. The number of aromatic amines is 1. The molecule has 9 nitrogen and oxygen atoms in total. The number of hydrogen-bond acceptors (Lipinski definition) is 5. The number of para-hydroxylation sites is 1. The van der Waals surface area contributed by atoms with Crippen molar-refractivity contribution in [1.82, 2.24) is 19.9 Å². The van der Waals surface area contributed by atoms with Crippen LogP contribution >= 0.6 is 0 Å². The largest absolute Gasteiger partial charge is 0.361 e. The molecule has 10 heteroatoms. The van der Waals surface area contributed by atoms with Crippen molar-refractivity contribution in [2.45, 2.75) is 38.8 Å². The minimum absolute atomic E-state index is 0.0316. The highest BCUT2D eigenvalue weighted by Gasteiger charge is 2.32. The average molecular weight is 575 g/mol. The second kappa shape index (κ2) is 12.4. The number of benzene rings is 3. The molecule has 4 rings (SSSR count). The van der Waals surface area contributed by atoms with Gasteiger partial charge in [0.2, 0.25) is 15.9 Å². The van der Waals surface area contributed by atoms with E-state index in [1.54, 1.807) is 25.4 Å².